The largest absolute Gasteiger partial charge is 0.378 e. The van der Waals surface area contributed by atoms with Crippen LogP contribution < -0.4 is 5.48 Å². The Bertz CT molecular complexity index is 736. The standard InChI is InChI=1S/C16H23N3O6S/c20-15(18-22)16(21)11-25-9-5-14(16)26(23,24)19-7-3-12(4-8-19)13-2-1-6-17-10-13/h1-2,6,10,12,14,21-22H,3-5,7-9,11H2,(H,18,20). The van der Waals surface area contributed by atoms with Gasteiger partial charge in [0, 0.05) is 32.1 Å². The normalized spacial score (nSPS) is 28.6. The smallest absolute Gasteiger partial charge is 0.279 e. The molecule has 2 aliphatic heterocycles. The number of aliphatic hydroxyl groups is 1. The first kappa shape index (κ1) is 19.2. The quantitative estimate of drug-likeness (QED) is 0.476. The molecule has 1 aromatic heterocycles. The fraction of sp³-hybridized carbons (Fsp3) is 0.625. The average Bonchev–Trinajstić information content (AvgIpc) is 2.68. The van der Waals surface area contributed by atoms with Crippen molar-refractivity contribution in [2.24, 2.45) is 0 Å². The first-order valence-electron chi connectivity index (χ1n) is 8.53. The fourth-order valence-electron chi connectivity index (χ4n) is 3.69. The van der Waals surface area contributed by atoms with E-state index in [4.69, 9.17) is 9.94 Å². The van der Waals surface area contributed by atoms with Crippen molar-refractivity contribution in [1.82, 2.24) is 14.8 Å². The average molecular weight is 385 g/mol. The molecule has 0 radical (unpaired) electrons. The lowest BCUT2D eigenvalue weighted by Gasteiger charge is -2.41. The molecule has 2 fully saturated rings. The molecule has 1 amide bonds. The number of hydrogen-bond acceptors (Lipinski definition) is 7. The molecule has 0 saturated carbocycles. The van der Waals surface area contributed by atoms with E-state index in [1.807, 2.05) is 12.1 Å². The summed E-state index contributed by atoms with van der Waals surface area (Å²) in [6, 6.07) is 3.83. The van der Waals surface area contributed by atoms with E-state index in [9.17, 15) is 18.3 Å². The molecule has 9 nitrogen and oxygen atoms in total. The van der Waals surface area contributed by atoms with Crippen molar-refractivity contribution in [1.29, 1.82) is 0 Å². The van der Waals surface area contributed by atoms with Crippen molar-refractivity contribution in [3.05, 3.63) is 30.1 Å². The first-order chi connectivity index (χ1) is 12.4. The van der Waals surface area contributed by atoms with E-state index in [-0.39, 0.29) is 18.9 Å². The second kappa shape index (κ2) is 7.57. The van der Waals surface area contributed by atoms with E-state index >= 15 is 0 Å². The lowest BCUT2D eigenvalue weighted by molar-refractivity contribution is -0.161. The van der Waals surface area contributed by atoms with Crippen LogP contribution in [0.2, 0.25) is 0 Å². The number of hydroxylamine groups is 1. The van der Waals surface area contributed by atoms with E-state index in [1.165, 1.54) is 9.79 Å². The number of rotatable bonds is 4. The van der Waals surface area contributed by atoms with Gasteiger partial charge in [0.15, 0.2) is 5.60 Å². The van der Waals surface area contributed by atoms with Crippen LogP contribution in [0.5, 0.6) is 0 Å². The van der Waals surface area contributed by atoms with Crippen molar-refractivity contribution in [3.63, 3.8) is 0 Å². The lowest BCUT2D eigenvalue weighted by atomic mass is 9.91. The molecule has 0 aromatic carbocycles. The summed E-state index contributed by atoms with van der Waals surface area (Å²) in [4.78, 5) is 16.0. The summed E-state index contributed by atoms with van der Waals surface area (Å²) in [6.07, 6.45) is 4.74. The molecular weight excluding hydrogens is 362 g/mol. The Morgan fingerprint density at radius 1 is 1.35 bits per heavy atom. The predicted molar refractivity (Wildman–Crippen MR) is 90.8 cm³/mol. The van der Waals surface area contributed by atoms with Crippen LogP contribution in [0.25, 0.3) is 0 Å². The van der Waals surface area contributed by atoms with Gasteiger partial charge in [-0.2, -0.15) is 0 Å². The van der Waals surface area contributed by atoms with Gasteiger partial charge in [-0.05, 0) is 36.8 Å². The van der Waals surface area contributed by atoms with Gasteiger partial charge in [0.2, 0.25) is 10.0 Å². The van der Waals surface area contributed by atoms with Gasteiger partial charge in [0.25, 0.3) is 5.91 Å². The first-order valence-corrected chi connectivity index (χ1v) is 10.0. The highest BCUT2D eigenvalue weighted by molar-refractivity contribution is 7.89. The summed E-state index contributed by atoms with van der Waals surface area (Å²) in [7, 11) is -3.94. The monoisotopic (exact) mass is 385 g/mol. The molecule has 1 aromatic rings. The van der Waals surface area contributed by atoms with Crippen molar-refractivity contribution in [3.8, 4) is 0 Å². The zero-order valence-corrected chi connectivity index (χ0v) is 15.1. The molecule has 144 valence electrons. The lowest BCUT2D eigenvalue weighted by Crippen LogP contribution is -2.64. The predicted octanol–water partition coefficient (Wildman–Crippen LogP) is -0.384. The number of aromatic nitrogens is 1. The molecule has 2 aliphatic rings. The molecule has 3 rings (SSSR count). The fourth-order valence-corrected chi connectivity index (χ4v) is 5.84. The second-order valence-corrected chi connectivity index (χ2v) is 8.82. The Kier molecular flexibility index (Phi) is 5.58. The molecular formula is C16H23N3O6S. The molecule has 2 atom stereocenters. The molecule has 2 unspecified atom stereocenters. The molecule has 10 heteroatoms. The molecule has 3 heterocycles. The number of sulfonamides is 1. The summed E-state index contributed by atoms with van der Waals surface area (Å²) in [5.41, 5.74) is 0.112. The number of nitrogens with one attached hydrogen (secondary N) is 1. The van der Waals surface area contributed by atoms with Crippen molar-refractivity contribution < 1.29 is 28.3 Å². The van der Waals surface area contributed by atoms with Gasteiger partial charge in [0.05, 0.1) is 6.61 Å². The maximum atomic E-state index is 13.1. The second-order valence-electron chi connectivity index (χ2n) is 6.70. The van der Waals surface area contributed by atoms with E-state index in [2.05, 4.69) is 4.98 Å². The maximum Gasteiger partial charge on any atom is 0.279 e. The Morgan fingerprint density at radius 3 is 2.69 bits per heavy atom. The topological polar surface area (TPSA) is 129 Å². The van der Waals surface area contributed by atoms with E-state index in [0.717, 1.165) is 5.56 Å². The number of pyridine rings is 1. The van der Waals surface area contributed by atoms with Gasteiger partial charge in [-0.25, -0.2) is 18.2 Å². The van der Waals surface area contributed by atoms with Crippen LogP contribution in [0.3, 0.4) is 0 Å². The zero-order chi connectivity index (χ0) is 18.8. The highest BCUT2D eigenvalue weighted by atomic mass is 32.2. The van der Waals surface area contributed by atoms with Crippen LogP contribution >= 0.6 is 0 Å². The van der Waals surface area contributed by atoms with Crippen molar-refractivity contribution >= 4 is 15.9 Å². The van der Waals surface area contributed by atoms with Crippen LogP contribution in [0.4, 0.5) is 0 Å². The molecule has 2 saturated heterocycles. The van der Waals surface area contributed by atoms with Gasteiger partial charge in [-0.15, -0.1) is 0 Å². The Morgan fingerprint density at radius 2 is 2.08 bits per heavy atom. The minimum atomic E-state index is -3.94. The number of amides is 1. The van der Waals surface area contributed by atoms with E-state index in [0.29, 0.717) is 25.9 Å². The number of hydrogen-bond donors (Lipinski definition) is 3. The summed E-state index contributed by atoms with van der Waals surface area (Å²) < 4.78 is 32.5. The van der Waals surface area contributed by atoms with Crippen LogP contribution in [0.1, 0.15) is 30.7 Å². The maximum absolute atomic E-state index is 13.1. The van der Waals surface area contributed by atoms with Crippen molar-refractivity contribution in [2.75, 3.05) is 26.3 Å². The van der Waals surface area contributed by atoms with Gasteiger partial charge in [-0.1, -0.05) is 6.07 Å². The minimum Gasteiger partial charge on any atom is -0.378 e. The number of piperidine rings is 1. The van der Waals surface area contributed by atoms with Crippen LogP contribution in [-0.4, -0.2) is 71.1 Å². The molecule has 0 spiro atoms. The third-order valence-corrected chi connectivity index (χ3v) is 7.63. The van der Waals surface area contributed by atoms with Gasteiger partial charge < -0.3 is 9.84 Å². The van der Waals surface area contributed by atoms with Crippen LogP contribution in [0.15, 0.2) is 24.5 Å². The Labute approximate surface area is 152 Å². The zero-order valence-electron chi connectivity index (χ0n) is 14.2. The summed E-state index contributed by atoms with van der Waals surface area (Å²) in [5.74, 6) is -0.944. The van der Waals surface area contributed by atoms with Crippen LogP contribution in [-0.2, 0) is 19.6 Å². The Hall–Kier alpha value is -1.59. The molecule has 3 N–H and O–H groups in total. The summed E-state index contributed by atoms with van der Waals surface area (Å²) in [5, 5.41) is 18.1. The van der Waals surface area contributed by atoms with E-state index in [1.54, 1.807) is 12.4 Å². The van der Waals surface area contributed by atoms with E-state index < -0.39 is 33.4 Å². The van der Waals surface area contributed by atoms with Gasteiger partial charge in [0.1, 0.15) is 5.25 Å². The highest BCUT2D eigenvalue weighted by Crippen LogP contribution is 2.33. The van der Waals surface area contributed by atoms with Crippen LogP contribution in [0, 0.1) is 0 Å². The third-order valence-electron chi connectivity index (χ3n) is 5.20. The molecule has 0 bridgehead atoms. The SMILES string of the molecule is O=C(NO)C1(O)COCCC1S(=O)(=O)N1CCC(c2cccnc2)CC1. The van der Waals surface area contributed by atoms with Gasteiger partial charge >= 0.3 is 0 Å². The molecule has 0 aliphatic carbocycles. The summed E-state index contributed by atoms with van der Waals surface area (Å²) >= 11 is 0. The minimum absolute atomic E-state index is 0.0191. The number of ether oxygens (including phenoxy) is 1. The summed E-state index contributed by atoms with van der Waals surface area (Å²) in [6.45, 7) is 0.249. The number of carbonyl (C=O) groups is 1. The van der Waals surface area contributed by atoms with Gasteiger partial charge in [-0.3, -0.25) is 15.0 Å². The van der Waals surface area contributed by atoms with Crippen molar-refractivity contribution in [2.45, 2.75) is 36.0 Å². The number of nitrogens with zero attached hydrogens (tertiary/aromatic N) is 2. The highest BCUT2D eigenvalue weighted by Gasteiger charge is 2.54. The number of carbonyl (C=O) groups excluding carboxylic acids is 1. The molecule has 26 heavy (non-hydrogen) atoms. The Balaban J connectivity index is 1.75. The third kappa shape index (κ3) is 3.47.